The number of nitrogens with one attached hydrogen (secondary N) is 1. The summed E-state index contributed by atoms with van der Waals surface area (Å²) in [4.78, 5) is 7.38. The van der Waals surface area contributed by atoms with Gasteiger partial charge in [0.1, 0.15) is 5.82 Å². The highest BCUT2D eigenvalue weighted by Gasteiger charge is 2.30. The third kappa shape index (κ3) is 5.56. The molecule has 31 heavy (non-hydrogen) atoms. The van der Waals surface area contributed by atoms with Crippen molar-refractivity contribution >= 4 is 35.6 Å². The predicted molar refractivity (Wildman–Crippen MR) is 137 cm³/mol. The van der Waals surface area contributed by atoms with Gasteiger partial charge in [0.05, 0.1) is 0 Å². The number of pyridine rings is 1. The van der Waals surface area contributed by atoms with Crippen molar-refractivity contribution in [2.75, 3.05) is 26.2 Å². The Bertz CT molecular complexity index is 970. The molecule has 0 amide bonds. The number of piperidine rings is 1. The van der Waals surface area contributed by atoms with Gasteiger partial charge < -0.3 is 10.2 Å². The topological polar surface area (TPSA) is 57.8 Å². The highest BCUT2D eigenvalue weighted by molar-refractivity contribution is 14.0. The monoisotopic (exact) mass is 532 g/mol. The van der Waals surface area contributed by atoms with E-state index < -0.39 is 0 Å². The Morgan fingerprint density at radius 1 is 1.10 bits per heavy atom. The van der Waals surface area contributed by atoms with Crippen molar-refractivity contribution in [3.05, 3.63) is 66.1 Å². The minimum Gasteiger partial charge on any atom is -0.357 e. The van der Waals surface area contributed by atoms with Crippen LogP contribution in [0.15, 0.2) is 59.7 Å². The number of likely N-dealkylation sites (tertiary alicyclic amines) is 1. The lowest BCUT2D eigenvalue weighted by atomic mass is 9.79. The largest absolute Gasteiger partial charge is 0.357 e. The summed E-state index contributed by atoms with van der Waals surface area (Å²) in [5.41, 5.74) is 2.36. The molecule has 2 unspecified atom stereocenters. The Morgan fingerprint density at radius 2 is 1.90 bits per heavy atom. The van der Waals surface area contributed by atoms with Crippen molar-refractivity contribution < 1.29 is 0 Å². The molecule has 1 aliphatic rings. The molecule has 1 saturated heterocycles. The SMILES string of the molecule is CCNC(=NCCc1nnc2ccccn12)N1CCC(c2ccccc2)C(CC)C1.I. The third-order valence-corrected chi connectivity index (χ3v) is 6.10. The van der Waals surface area contributed by atoms with Gasteiger partial charge in [0.2, 0.25) is 0 Å². The van der Waals surface area contributed by atoms with Crippen LogP contribution >= 0.6 is 24.0 Å². The number of benzene rings is 1. The van der Waals surface area contributed by atoms with Gasteiger partial charge in [-0.15, -0.1) is 34.2 Å². The fourth-order valence-corrected chi connectivity index (χ4v) is 4.53. The average molecular weight is 532 g/mol. The molecule has 1 fully saturated rings. The summed E-state index contributed by atoms with van der Waals surface area (Å²) in [6.45, 7) is 8.11. The van der Waals surface area contributed by atoms with Crippen molar-refractivity contribution in [3.63, 3.8) is 0 Å². The van der Waals surface area contributed by atoms with E-state index in [4.69, 9.17) is 4.99 Å². The summed E-state index contributed by atoms with van der Waals surface area (Å²) in [5.74, 6) is 3.26. The van der Waals surface area contributed by atoms with Gasteiger partial charge in [-0.1, -0.05) is 49.7 Å². The molecule has 7 heteroatoms. The second kappa shape index (κ2) is 11.5. The molecule has 0 spiro atoms. The molecular weight excluding hydrogens is 499 g/mol. The fourth-order valence-electron chi connectivity index (χ4n) is 4.53. The van der Waals surface area contributed by atoms with E-state index >= 15 is 0 Å². The molecule has 0 bridgehead atoms. The number of aromatic nitrogens is 3. The first-order valence-corrected chi connectivity index (χ1v) is 11.2. The maximum absolute atomic E-state index is 4.94. The molecule has 6 nitrogen and oxygen atoms in total. The second-order valence-corrected chi connectivity index (χ2v) is 7.95. The summed E-state index contributed by atoms with van der Waals surface area (Å²) in [6, 6.07) is 17.0. The summed E-state index contributed by atoms with van der Waals surface area (Å²) in [7, 11) is 0. The zero-order valence-electron chi connectivity index (χ0n) is 18.4. The van der Waals surface area contributed by atoms with Crippen LogP contribution < -0.4 is 5.32 Å². The van der Waals surface area contributed by atoms with Gasteiger partial charge in [-0.25, -0.2) is 0 Å². The number of hydrogen-bond acceptors (Lipinski definition) is 3. The van der Waals surface area contributed by atoms with E-state index in [1.54, 1.807) is 0 Å². The zero-order chi connectivity index (χ0) is 20.8. The first kappa shape index (κ1) is 23.5. The van der Waals surface area contributed by atoms with Gasteiger partial charge in [-0.3, -0.25) is 9.39 Å². The number of halogens is 1. The highest BCUT2D eigenvalue weighted by atomic mass is 127. The quantitative estimate of drug-likeness (QED) is 0.291. The maximum Gasteiger partial charge on any atom is 0.193 e. The summed E-state index contributed by atoms with van der Waals surface area (Å²) in [6.07, 6.45) is 5.14. The number of guanidine groups is 1. The van der Waals surface area contributed by atoms with E-state index in [1.165, 1.54) is 18.4 Å². The Balaban J connectivity index is 0.00000272. The van der Waals surface area contributed by atoms with Gasteiger partial charge in [-0.2, -0.15) is 0 Å². The van der Waals surface area contributed by atoms with Gasteiger partial charge in [0.25, 0.3) is 0 Å². The van der Waals surface area contributed by atoms with Gasteiger partial charge in [0.15, 0.2) is 11.6 Å². The Morgan fingerprint density at radius 3 is 2.68 bits per heavy atom. The number of rotatable bonds is 6. The molecule has 1 N–H and O–H groups in total. The van der Waals surface area contributed by atoms with Gasteiger partial charge in [0, 0.05) is 38.8 Å². The fraction of sp³-hybridized carbons (Fsp3) is 0.458. The van der Waals surface area contributed by atoms with E-state index in [-0.39, 0.29) is 24.0 Å². The van der Waals surface area contributed by atoms with Crippen LogP contribution in [0.5, 0.6) is 0 Å². The summed E-state index contributed by atoms with van der Waals surface area (Å²) >= 11 is 0. The van der Waals surface area contributed by atoms with Crippen LogP contribution in [0.2, 0.25) is 0 Å². The molecule has 2 aromatic heterocycles. The molecule has 0 radical (unpaired) electrons. The number of fused-ring (bicyclic) bond motifs is 1. The van der Waals surface area contributed by atoms with Crippen LogP contribution in [0.1, 0.15) is 44.0 Å². The van der Waals surface area contributed by atoms with Crippen LogP contribution in [-0.4, -0.2) is 51.6 Å². The van der Waals surface area contributed by atoms with Crippen LogP contribution in [0.4, 0.5) is 0 Å². The first-order valence-electron chi connectivity index (χ1n) is 11.2. The molecule has 0 aliphatic carbocycles. The number of hydrogen-bond donors (Lipinski definition) is 1. The molecule has 166 valence electrons. The van der Waals surface area contributed by atoms with Crippen molar-refractivity contribution in [1.29, 1.82) is 0 Å². The standard InChI is InChI=1S/C24H32N6.HI/c1-3-19-18-29(17-14-21(19)20-10-6-5-7-11-20)24(25-4-2)26-15-13-23-28-27-22-12-8-9-16-30(22)23;/h5-12,16,19,21H,3-4,13-15,17-18H2,1-2H3,(H,25,26);1H. The van der Waals surface area contributed by atoms with Crippen LogP contribution in [-0.2, 0) is 6.42 Å². The van der Waals surface area contributed by atoms with Gasteiger partial charge in [-0.05, 0) is 42.9 Å². The van der Waals surface area contributed by atoms with E-state index in [9.17, 15) is 0 Å². The minimum atomic E-state index is 0. The molecule has 3 aromatic rings. The predicted octanol–water partition coefficient (Wildman–Crippen LogP) is 4.37. The van der Waals surface area contributed by atoms with Crippen molar-refractivity contribution in [2.24, 2.45) is 10.9 Å². The second-order valence-electron chi connectivity index (χ2n) is 7.95. The number of nitrogens with zero attached hydrogens (tertiary/aromatic N) is 5. The van der Waals surface area contributed by atoms with Crippen molar-refractivity contribution in [1.82, 2.24) is 24.8 Å². The summed E-state index contributed by atoms with van der Waals surface area (Å²) < 4.78 is 2.04. The molecule has 0 saturated carbocycles. The Hall–Kier alpha value is -2.16. The van der Waals surface area contributed by atoms with Crippen molar-refractivity contribution in [3.8, 4) is 0 Å². The number of aliphatic imine (C=N–C) groups is 1. The highest BCUT2D eigenvalue weighted by Crippen LogP contribution is 2.34. The lowest BCUT2D eigenvalue weighted by molar-refractivity contribution is 0.215. The normalized spacial score (nSPS) is 19.3. The lowest BCUT2D eigenvalue weighted by Gasteiger charge is -2.40. The van der Waals surface area contributed by atoms with E-state index in [0.29, 0.717) is 18.4 Å². The van der Waals surface area contributed by atoms with Crippen LogP contribution in [0, 0.1) is 5.92 Å². The Labute approximate surface area is 202 Å². The summed E-state index contributed by atoms with van der Waals surface area (Å²) in [5, 5.41) is 12.1. The Kier molecular flexibility index (Phi) is 8.69. The van der Waals surface area contributed by atoms with Crippen LogP contribution in [0.3, 0.4) is 0 Å². The van der Waals surface area contributed by atoms with E-state index in [1.807, 2.05) is 28.8 Å². The first-order chi connectivity index (χ1) is 14.8. The minimum absolute atomic E-state index is 0. The molecule has 1 aromatic carbocycles. The molecule has 3 heterocycles. The lowest BCUT2D eigenvalue weighted by Crippen LogP contribution is -2.48. The maximum atomic E-state index is 4.94. The van der Waals surface area contributed by atoms with Crippen molar-refractivity contribution in [2.45, 2.75) is 39.0 Å². The molecule has 1 aliphatic heterocycles. The third-order valence-electron chi connectivity index (χ3n) is 6.10. The molecule has 2 atom stereocenters. The van der Waals surface area contributed by atoms with E-state index in [0.717, 1.165) is 43.5 Å². The molecule has 4 rings (SSSR count). The zero-order valence-corrected chi connectivity index (χ0v) is 20.8. The average Bonchev–Trinajstić information content (AvgIpc) is 3.22. The van der Waals surface area contributed by atoms with Crippen LogP contribution in [0.25, 0.3) is 5.65 Å². The van der Waals surface area contributed by atoms with Gasteiger partial charge >= 0.3 is 0 Å². The van der Waals surface area contributed by atoms with E-state index in [2.05, 4.69) is 64.6 Å². The molecular formula is C24H33IN6. The smallest absolute Gasteiger partial charge is 0.193 e.